The van der Waals surface area contributed by atoms with Gasteiger partial charge in [-0.1, -0.05) is 18.1 Å². The fourth-order valence-corrected chi connectivity index (χ4v) is 1.59. The van der Waals surface area contributed by atoms with E-state index in [1.165, 1.54) is 18.4 Å². The smallest absolute Gasteiger partial charge is 0.0602 e. The molecule has 1 saturated carbocycles. The summed E-state index contributed by atoms with van der Waals surface area (Å²) in [4.78, 5) is 0. The van der Waals surface area contributed by atoms with E-state index < -0.39 is 0 Å². The van der Waals surface area contributed by atoms with Gasteiger partial charge in [-0.25, -0.2) is 0 Å². The van der Waals surface area contributed by atoms with Crippen molar-refractivity contribution in [1.82, 2.24) is 0 Å². The maximum absolute atomic E-state index is 9.39. The highest BCUT2D eigenvalue weighted by molar-refractivity contribution is 5.01. The van der Waals surface area contributed by atoms with Crippen LogP contribution >= 0.6 is 0 Å². The standard InChI is InChI=1S/C9H16O/c1-7(2)6-8-4-3-5-9(8)10/h6,8-10H,3-5H2,1-2H3/t8-,9+/m0/s1. The first-order valence-electron chi connectivity index (χ1n) is 4.03. The molecule has 0 aromatic carbocycles. The van der Waals surface area contributed by atoms with Gasteiger partial charge in [0.05, 0.1) is 6.10 Å². The minimum Gasteiger partial charge on any atom is -0.393 e. The zero-order valence-corrected chi connectivity index (χ0v) is 6.80. The van der Waals surface area contributed by atoms with E-state index in [4.69, 9.17) is 0 Å². The summed E-state index contributed by atoms with van der Waals surface area (Å²) in [5, 5.41) is 9.39. The van der Waals surface area contributed by atoms with E-state index in [9.17, 15) is 5.11 Å². The van der Waals surface area contributed by atoms with Gasteiger partial charge in [-0.2, -0.15) is 0 Å². The van der Waals surface area contributed by atoms with E-state index >= 15 is 0 Å². The zero-order chi connectivity index (χ0) is 7.56. The molecule has 0 saturated heterocycles. The fourth-order valence-electron chi connectivity index (χ4n) is 1.59. The van der Waals surface area contributed by atoms with Crippen LogP contribution in [-0.2, 0) is 0 Å². The molecule has 0 unspecified atom stereocenters. The normalized spacial score (nSPS) is 32.3. The van der Waals surface area contributed by atoms with Crippen molar-refractivity contribution in [2.45, 2.75) is 39.2 Å². The number of hydrogen-bond acceptors (Lipinski definition) is 1. The summed E-state index contributed by atoms with van der Waals surface area (Å²) in [6.07, 6.45) is 5.49. The molecule has 1 fully saturated rings. The van der Waals surface area contributed by atoms with Gasteiger partial charge < -0.3 is 5.11 Å². The van der Waals surface area contributed by atoms with Gasteiger partial charge in [-0.05, 0) is 26.7 Å². The third-order valence-electron chi connectivity index (χ3n) is 2.08. The molecular formula is C9H16O. The Morgan fingerprint density at radius 2 is 2.10 bits per heavy atom. The molecule has 0 amide bonds. The summed E-state index contributed by atoms with van der Waals surface area (Å²) < 4.78 is 0. The summed E-state index contributed by atoms with van der Waals surface area (Å²) in [6.45, 7) is 4.18. The second kappa shape index (κ2) is 3.20. The average Bonchev–Trinajstić information content (AvgIpc) is 2.15. The lowest BCUT2D eigenvalue weighted by atomic mass is 10.0. The Labute approximate surface area is 62.8 Å². The van der Waals surface area contributed by atoms with Crippen molar-refractivity contribution in [3.05, 3.63) is 11.6 Å². The van der Waals surface area contributed by atoms with Crippen molar-refractivity contribution in [3.63, 3.8) is 0 Å². The lowest BCUT2D eigenvalue weighted by Gasteiger charge is -2.08. The van der Waals surface area contributed by atoms with Gasteiger partial charge in [0, 0.05) is 5.92 Å². The van der Waals surface area contributed by atoms with Crippen LogP contribution in [0.25, 0.3) is 0 Å². The molecule has 0 heterocycles. The van der Waals surface area contributed by atoms with E-state index in [0.717, 1.165) is 6.42 Å². The molecule has 1 nitrogen and oxygen atoms in total. The highest BCUT2D eigenvalue weighted by atomic mass is 16.3. The predicted octanol–water partition coefficient (Wildman–Crippen LogP) is 2.11. The lowest BCUT2D eigenvalue weighted by molar-refractivity contribution is 0.153. The van der Waals surface area contributed by atoms with Crippen LogP contribution in [-0.4, -0.2) is 11.2 Å². The Hall–Kier alpha value is -0.300. The first-order valence-corrected chi connectivity index (χ1v) is 4.03. The quantitative estimate of drug-likeness (QED) is 0.553. The Kier molecular flexibility index (Phi) is 2.50. The van der Waals surface area contributed by atoms with Gasteiger partial charge in [-0.3, -0.25) is 0 Å². The molecule has 1 aliphatic carbocycles. The molecule has 1 N–H and O–H groups in total. The molecule has 1 aliphatic rings. The Bertz CT molecular complexity index is 134. The van der Waals surface area contributed by atoms with Gasteiger partial charge in [0.15, 0.2) is 0 Å². The van der Waals surface area contributed by atoms with E-state index in [2.05, 4.69) is 19.9 Å². The third kappa shape index (κ3) is 1.84. The first-order chi connectivity index (χ1) is 4.70. The summed E-state index contributed by atoms with van der Waals surface area (Å²) in [6, 6.07) is 0. The second-order valence-corrected chi connectivity index (χ2v) is 3.41. The maximum atomic E-state index is 9.39. The molecule has 2 atom stereocenters. The van der Waals surface area contributed by atoms with Crippen LogP contribution in [0.4, 0.5) is 0 Å². The van der Waals surface area contributed by atoms with Crippen molar-refractivity contribution < 1.29 is 5.11 Å². The monoisotopic (exact) mass is 140 g/mol. The number of allylic oxidation sites excluding steroid dienone is 1. The highest BCUT2D eigenvalue weighted by Crippen LogP contribution is 2.27. The average molecular weight is 140 g/mol. The summed E-state index contributed by atoms with van der Waals surface area (Å²) in [5.41, 5.74) is 1.32. The molecule has 0 radical (unpaired) electrons. The van der Waals surface area contributed by atoms with Crippen molar-refractivity contribution in [1.29, 1.82) is 0 Å². The number of rotatable bonds is 1. The van der Waals surface area contributed by atoms with Crippen molar-refractivity contribution in [3.8, 4) is 0 Å². The Morgan fingerprint density at radius 3 is 2.50 bits per heavy atom. The molecule has 0 bridgehead atoms. The zero-order valence-electron chi connectivity index (χ0n) is 6.80. The lowest BCUT2D eigenvalue weighted by Crippen LogP contribution is -2.10. The molecule has 0 spiro atoms. The summed E-state index contributed by atoms with van der Waals surface area (Å²) >= 11 is 0. The number of aliphatic hydroxyl groups is 1. The van der Waals surface area contributed by atoms with Crippen molar-refractivity contribution in [2.24, 2.45) is 5.92 Å². The Morgan fingerprint density at radius 1 is 1.40 bits per heavy atom. The molecular weight excluding hydrogens is 124 g/mol. The summed E-state index contributed by atoms with van der Waals surface area (Å²) in [5.74, 6) is 0.449. The number of hydrogen-bond donors (Lipinski definition) is 1. The van der Waals surface area contributed by atoms with Crippen LogP contribution in [0.2, 0.25) is 0 Å². The molecule has 0 aromatic heterocycles. The molecule has 1 heteroatoms. The second-order valence-electron chi connectivity index (χ2n) is 3.41. The number of aliphatic hydroxyl groups excluding tert-OH is 1. The summed E-state index contributed by atoms with van der Waals surface area (Å²) in [7, 11) is 0. The van der Waals surface area contributed by atoms with Gasteiger partial charge >= 0.3 is 0 Å². The topological polar surface area (TPSA) is 20.2 Å². The SMILES string of the molecule is CC(C)=C[C@@H]1CCC[C@H]1O. The van der Waals surface area contributed by atoms with E-state index in [-0.39, 0.29) is 6.10 Å². The van der Waals surface area contributed by atoms with Crippen LogP contribution in [0.1, 0.15) is 33.1 Å². The van der Waals surface area contributed by atoms with Crippen LogP contribution in [0.3, 0.4) is 0 Å². The Balaban J connectivity index is 2.48. The predicted molar refractivity (Wildman–Crippen MR) is 42.8 cm³/mol. The molecule has 58 valence electrons. The fraction of sp³-hybridized carbons (Fsp3) is 0.778. The van der Waals surface area contributed by atoms with E-state index in [0.29, 0.717) is 5.92 Å². The maximum Gasteiger partial charge on any atom is 0.0602 e. The largest absolute Gasteiger partial charge is 0.393 e. The van der Waals surface area contributed by atoms with E-state index in [1.54, 1.807) is 0 Å². The van der Waals surface area contributed by atoms with Gasteiger partial charge in [-0.15, -0.1) is 0 Å². The van der Waals surface area contributed by atoms with Crippen molar-refractivity contribution in [2.75, 3.05) is 0 Å². The van der Waals surface area contributed by atoms with Gasteiger partial charge in [0.1, 0.15) is 0 Å². The molecule has 0 aliphatic heterocycles. The van der Waals surface area contributed by atoms with Crippen LogP contribution in [0, 0.1) is 5.92 Å². The van der Waals surface area contributed by atoms with Crippen molar-refractivity contribution >= 4 is 0 Å². The highest BCUT2D eigenvalue weighted by Gasteiger charge is 2.22. The van der Waals surface area contributed by atoms with Crippen LogP contribution < -0.4 is 0 Å². The van der Waals surface area contributed by atoms with Crippen LogP contribution in [0.5, 0.6) is 0 Å². The van der Waals surface area contributed by atoms with Gasteiger partial charge in [0.2, 0.25) is 0 Å². The van der Waals surface area contributed by atoms with E-state index in [1.807, 2.05) is 0 Å². The third-order valence-corrected chi connectivity index (χ3v) is 2.08. The minimum absolute atomic E-state index is 0.0603. The van der Waals surface area contributed by atoms with Gasteiger partial charge in [0.25, 0.3) is 0 Å². The minimum atomic E-state index is -0.0603. The van der Waals surface area contributed by atoms with Crippen LogP contribution in [0.15, 0.2) is 11.6 Å². The first kappa shape index (κ1) is 7.80. The molecule has 1 rings (SSSR count). The molecule has 10 heavy (non-hydrogen) atoms. The molecule has 0 aromatic rings.